The SMILES string of the molecule is CC1(C)CC[C@@H](O)[C@]2(C)[C@H]3CCO[C@]3(C)CC[C@@H]12. The van der Waals surface area contributed by atoms with Crippen LogP contribution in [0.2, 0.25) is 0 Å². The van der Waals surface area contributed by atoms with Crippen molar-refractivity contribution in [3.8, 4) is 0 Å². The second-order valence-electron chi connectivity index (χ2n) is 8.00. The van der Waals surface area contributed by atoms with Crippen LogP contribution in [-0.2, 0) is 4.74 Å². The van der Waals surface area contributed by atoms with Gasteiger partial charge in [0.2, 0.25) is 0 Å². The van der Waals surface area contributed by atoms with Gasteiger partial charge in [0, 0.05) is 12.0 Å². The molecule has 0 aromatic rings. The standard InChI is InChI=1S/C16H28O2/c1-14(2)8-6-13(17)16(4)11(14)5-9-15(3)12(16)7-10-18-15/h11-13,17H,5-10H2,1-4H3/t11-,12-,13+,15+,16-/m0/s1. The zero-order chi connectivity index (χ0) is 13.2. The minimum atomic E-state index is -0.137. The van der Waals surface area contributed by atoms with Crippen LogP contribution in [0.25, 0.3) is 0 Å². The molecule has 1 aliphatic heterocycles. The summed E-state index contributed by atoms with van der Waals surface area (Å²) in [6.45, 7) is 10.3. The molecule has 0 unspecified atom stereocenters. The Morgan fingerprint density at radius 1 is 0.944 bits per heavy atom. The highest BCUT2D eigenvalue weighted by molar-refractivity contribution is 5.12. The fourth-order valence-electron chi connectivity index (χ4n) is 5.71. The van der Waals surface area contributed by atoms with Gasteiger partial charge in [0.05, 0.1) is 11.7 Å². The first-order valence-corrected chi connectivity index (χ1v) is 7.63. The van der Waals surface area contributed by atoms with E-state index in [0.717, 1.165) is 19.4 Å². The lowest BCUT2D eigenvalue weighted by Gasteiger charge is -2.62. The molecule has 1 heterocycles. The van der Waals surface area contributed by atoms with E-state index in [2.05, 4.69) is 27.7 Å². The van der Waals surface area contributed by atoms with Gasteiger partial charge in [-0.2, -0.15) is 0 Å². The van der Waals surface area contributed by atoms with Crippen molar-refractivity contribution in [1.82, 2.24) is 0 Å². The summed E-state index contributed by atoms with van der Waals surface area (Å²) in [6.07, 6.45) is 5.52. The first-order chi connectivity index (χ1) is 8.31. The van der Waals surface area contributed by atoms with Gasteiger partial charge in [0.25, 0.3) is 0 Å². The number of aliphatic hydroxyl groups excluding tert-OH is 1. The molecule has 2 heteroatoms. The molecule has 18 heavy (non-hydrogen) atoms. The second kappa shape index (κ2) is 3.73. The maximum Gasteiger partial charge on any atom is 0.0689 e. The van der Waals surface area contributed by atoms with Gasteiger partial charge in [-0.1, -0.05) is 20.8 Å². The van der Waals surface area contributed by atoms with E-state index in [0.29, 0.717) is 17.3 Å². The monoisotopic (exact) mass is 252 g/mol. The van der Waals surface area contributed by atoms with Crippen LogP contribution < -0.4 is 0 Å². The average Bonchev–Trinajstić information content (AvgIpc) is 2.67. The molecule has 1 N–H and O–H groups in total. The van der Waals surface area contributed by atoms with E-state index >= 15 is 0 Å². The number of rotatable bonds is 0. The van der Waals surface area contributed by atoms with Crippen LogP contribution >= 0.6 is 0 Å². The molecule has 2 nitrogen and oxygen atoms in total. The summed E-state index contributed by atoms with van der Waals surface area (Å²) in [4.78, 5) is 0. The number of hydrogen-bond donors (Lipinski definition) is 1. The van der Waals surface area contributed by atoms with E-state index in [1.165, 1.54) is 19.3 Å². The minimum absolute atomic E-state index is 0.0274. The van der Waals surface area contributed by atoms with Crippen molar-refractivity contribution in [2.24, 2.45) is 22.7 Å². The second-order valence-corrected chi connectivity index (χ2v) is 8.00. The van der Waals surface area contributed by atoms with Crippen molar-refractivity contribution in [2.45, 2.75) is 71.5 Å². The lowest BCUT2D eigenvalue weighted by atomic mass is 9.44. The normalized spacial score (nSPS) is 54.8. The summed E-state index contributed by atoms with van der Waals surface area (Å²) in [6, 6.07) is 0. The highest BCUT2D eigenvalue weighted by Gasteiger charge is 2.63. The Kier molecular flexibility index (Phi) is 2.68. The van der Waals surface area contributed by atoms with E-state index in [1.807, 2.05) is 0 Å². The minimum Gasteiger partial charge on any atom is -0.393 e. The summed E-state index contributed by atoms with van der Waals surface area (Å²) in [7, 11) is 0. The smallest absolute Gasteiger partial charge is 0.0689 e. The Morgan fingerprint density at radius 2 is 1.67 bits per heavy atom. The number of ether oxygens (including phenoxy) is 1. The van der Waals surface area contributed by atoms with Crippen molar-refractivity contribution in [2.75, 3.05) is 6.61 Å². The van der Waals surface area contributed by atoms with E-state index in [9.17, 15) is 5.11 Å². The number of aliphatic hydroxyl groups is 1. The Bertz CT molecular complexity index is 347. The first kappa shape index (κ1) is 12.9. The molecule has 0 amide bonds. The Morgan fingerprint density at radius 3 is 2.39 bits per heavy atom. The van der Waals surface area contributed by atoms with Crippen LogP contribution in [0.5, 0.6) is 0 Å². The molecule has 3 fully saturated rings. The van der Waals surface area contributed by atoms with E-state index < -0.39 is 0 Å². The molecule has 3 aliphatic rings. The third kappa shape index (κ3) is 1.48. The molecule has 3 rings (SSSR count). The molecule has 0 radical (unpaired) electrons. The maximum atomic E-state index is 10.7. The van der Waals surface area contributed by atoms with Gasteiger partial charge in [-0.3, -0.25) is 0 Å². The van der Waals surface area contributed by atoms with Gasteiger partial charge < -0.3 is 9.84 Å². The quantitative estimate of drug-likeness (QED) is 0.716. The molecular weight excluding hydrogens is 224 g/mol. The van der Waals surface area contributed by atoms with Crippen molar-refractivity contribution in [1.29, 1.82) is 0 Å². The molecule has 0 aromatic carbocycles. The zero-order valence-electron chi connectivity index (χ0n) is 12.3. The molecule has 0 aromatic heterocycles. The van der Waals surface area contributed by atoms with Crippen LogP contribution in [0.1, 0.15) is 59.8 Å². The van der Waals surface area contributed by atoms with Crippen molar-refractivity contribution >= 4 is 0 Å². The summed E-state index contributed by atoms with van der Waals surface area (Å²) in [5.41, 5.74) is 0.461. The van der Waals surface area contributed by atoms with Gasteiger partial charge in [0.15, 0.2) is 0 Å². The van der Waals surface area contributed by atoms with Crippen molar-refractivity contribution in [3.63, 3.8) is 0 Å². The van der Waals surface area contributed by atoms with Gasteiger partial charge in [-0.05, 0) is 56.3 Å². The molecule has 104 valence electrons. The van der Waals surface area contributed by atoms with Gasteiger partial charge in [0.1, 0.15) is 0 Å². The molecule has 0 spiro atoms. The predicted octanol–water partition coefficient (Wildman–Crippen LogP) is 3.38. The molecule has 5 atom stereocenters. The third-order valence-electron chi connectivity index (χ3n) is 6.73. The van der Waals surface area contributed by atoms with Crippen LogP contribution in [0.15, 0.2) is 0 Å². The fraction of sp³-hybridized carbons (Fsp3) is 1.00. The Balaban J connectivity index is 2.03. The summed E-state index contributed by atoms with van der Waals surface area (Å²) in [5, 5.41) is 10.7. The topological polar surface area (TPSA) is 29.5 Å². The Labute approximate surface area is 111 Å². The van der Waals surface area contributed by atoms with Crippen LogP contribution in [0.3, 0.4) is 0 Å². The van der Waals surface area contributed by atoms with Gasteiger partial charge >= 0.3 is 0 Å². The van der Waals surface area contributed by atoms with Crippen molar-refractivity contribution in [3.05, 3.63) is 0 Å². The maximum absolute atomic E-state index is 10.7. The molecular formula is C16H28O2. The van der Waals surface area contributed by atoms with E-state index in [1.54, 1.807) is 0 Å². The van der Waals surface area contributed by atoms with Crippen molar-refractivity contribution < 1.29 is 9.84 Å². The molecule has 2 aliphatic carbocycles. The highest BCUT2D eigenvalue weighted by atomic mass is 16.5. The summed E-state index contributed by atoms with van der Waals surface area (Å²) in [5.74, 6) is 1.19. The molecule has 1 saturated heterocycles. The van der Waals surface area contributed by atoms with E-state index in [4.69, 9.17) is 4.74 Å². The summed E-state index contributed by atoms with van der Waals surface area (Å²) < 4.78 is 6.06. The number of fused-ring (bicyclic) bond motifs is 3. The van der Waals surface area contributed by atoms with Gasteiger partial charge in [-0.15, -0.1) is 0 Å². The average molecular weight is 252 g/mol. The fourth-order valence-corrected chi connectivity index (χ4v) is 5.71. The van der Waals surface area contributed by atoms with Gasteiger partial charge in [-0.25, -0.2) is 0 Å². The third-order valence-corrected chi connectivity index (χ3v) is 6.73. The summed E-state index contributed by atoms with van der Waals surface area (Å²) >= 11 is 0. The molecule has 2 saturated carbocycles. The van der Waals surface area contributed by atoms with Crippen LogP contribution in [0.4, 0.5) is 0 Å². The highest BCUT2D eigenvalue weighted by Crippen LogP contribution is 2.64. The Hall–Kier alpha value is -0.0800. The largest absolute Gasteiger partial charge is 0.393 e. The predicted molar refractivity (Wildman–Crippen MR) is 72.3 cm³/mol. The number of hydrogen-bond acceptors (Lipinski definition) is 2. The molecule has 0 bridgehead atoms. The lowest BCUT2D eigenvalue weighted by Crippen LogP contribution is -2.61. The first-order valence-electron chi connectivity index (χ1n) is 7.63. The lowest BCUT2D eigenvalue weighted by molar-refractivity contribution is -0.195. The van der Waals surface area contributed by atoms with Crippen LogP contribution in [0, 0.1) is 22.7 Å². The zero-order valence-corrected chi connectivity index (χ0v) is 12.3. The van der Waals surface area contributed by atoms with E-state index in [-0.39, 0.29) is 17.1 Å². The van der Waals surface area contributed by atoms with Crippen LogP contribution in [-0.4, -0.2) is 23.4 Å².